The van der Waals surface area contributed by atoms with Crippen molar-refractivity contribution in [1.29, 1.82) is 0 Å². The highest BCUT2D eigenvalue weighted by molar-refractivity contribution is 7.99. The first kappa shape index (κ1) is 17.2. The summed E-state index contributed by atoms with van der Waals surface area (Å²) in [6.45, 7) is 4.90. The third-order valence-corrected chi connectivity index (χ3v) is 4.83. The maximum atomic E-state index is 12.0. The van der Waals surface area contributed by atoms with Gasteiger partial charge in [0.1, 0.15) is 0 Å². The van der Waals surface area contributed by atoms with Gasteiger partial charge in [-0.25, -0.2) is 10.4 Å². The van der Waals surface area contributed by atoms with Gasteiger partial charge in [0.15, 0.2) is 5.16 Å². The Morgan fingerprint density at radius 3 is 2.80 bits per heavy atom. The number of hydrogen-bond acceptors (Lipinski definition) is 4. The van der Waals surface area contributed by atoms with Crippen molar-refractivity contribution in [1.82, 2.24) is 15.0 Å². The van der Waals surface area contributed by atoms with Crippen LogP contribution in [0.25, 0.3) is 11.0 Å². The highest BCUT2D eigenvalue weighted by atomic mass is 32.2. The Labute approximate surface area is 151 Å². The van der Waals surface area contributed by atoms with Crippen LogP contribution in [-0.2, 0) is 11.3 Å². The lowest BCUT2D eigenvalue weighted by Gasteiger charge is -2.05. The number of hydrogen-bond donors (Lipinski definition) is 1. The Hall–Kier alpha value is -2.60. The molecular weight excluding hydrogens is 332 g/mol. The first-order valence-electron chi connectivity index (χ1n) is 8.14. The van der Waals surface area contributed by atoms with E-state index >= 15 is 0 Å². The maximum Gasteiger partial charge on any atom is 0.250 e. The number of aryl methyl sites for hydroxylation is 2. The van der Waals surface area contributed by atoms with Crippen LogP contribution in [0, 0.1) is 6.92 Å². The lowest BCUT2D eigenvalue weighted by Crippen LogP contribution is -2.20. The molecule has 0 aliphatic heterocycles. The second kappa shape index (κ2) is 7.98. The molecule has 3 rings (SSSR count). The number of carbonyl (C=O) groups is 1. The number of benzene rings is 2. The van der Waals surface area contributed by atoms with E-state index in [0.29, 0.717) is 0 Å². The molecule has 0 aliphatic carbocycles. The number of nitrogens with zero attached hydrogens (tertiary/aromatic N) is 3. The van der Waals surface area contributed by atoms with Gasteiger partial charge >= 0.3 is 0 Å². The molecule has 0 saturated carbocycles. The molecule has 1 heterocycles. The number of fused-ring (bicyclic) bond motifs is 1. The second-order valence-corrected chi connectivity index (χ2v) is 6.51. The Morgan fingerprint density at radius 2 is 2.00 bits per heavy atom. The van der Waals surface area contributed by atoms with E-state index < -0.39 is 0 Å². The van der Waals surface area contributed by atoms with E-state index in [2.05, 4.69) is 27.0 Å². The molecule has 6 heteroatoms. The summed E-state index contributed by atoms with van der Waals surface area (Å²) in [4.78, 5) is 16.6. The minimum absolute atomic E-state index is 0.149. The van der Waals surface area contributed by atoms with E-state index in [1.807, 2.05) is 55.5 Å². The fourth-order valence-corrected chi connectivity index (χ4v) is 3.41. The summed E-state index contributed by atoms with van der Waals surface area (Å²) in [6.07, 6.45) is 1.67. The first-order valence-corrected chi connectivity index (χ1v) is 9.13. The van der Waals surface area contributed by atoms with E-state index in [9.17, 15) is 4.79 Å². The minimum Gasteiger partial charge on any atom is -0.319 e. The Morgan fingerprint density at radius 1 is 1.24 bits per heavy atom. The van der Waals surface area contributed by atoms with Crippen LogP contribution in [-0.4, -0.2) is 27.4 Å². The summed E-state index contributed by atoms with van der Waals surface area (Å²) >= 11 is 1.42. The van der Waals surface area contributed by atoms with Crippen LogP contribution < -0.4 is 5.43 Å². The number of para-hydroxylation sites is 2. The lowest BCUT2D eigenvalue weighted by atomic mass is 10.1. The molecule has 1 amide bonds. The zero-order valence-electron chi connectivity index (χ0n) is 14.3. The van der Waals surface area contributed by atoms with Gasteiger partial charge in [0, 0.05) is 6.54 Å². The van der Waals surface area contributed by atoms with Crippen LogP contribution in [0.3, 0.4) is 0 Å². The number of rotatable bonds is 6. The molecule has 5 nitrogen and oxygen atoms in total. The van der Waals surface area contributed by atoms with Gasteiger partial charge in [-0.1, -0.05) is 48.2 Å². The number of imidazole rings is 1. The highest BCUT2D eigenvalue weighted by Gasteiger charge is 2.11. The van der Waals surface area contributed by atoms with E-state index in [-0.39, 0.29) is 11.7 Å². The predicted octanol–water partition coefficient (Wildman–Crippen LogP) is 3.61. The van der Waals surface area contributed by atoms with Gasteiger partial charge in [-0.3, -0.25) is 4.79 Å². The van der Waals surface area contributed by atoms with Crippen LogP contribution in [0.2, 0.25) is 0 Å². The average molecular weight is 352 g/mol. The van der Waals surface area contributed by atoms with Crippen molar-refractivity contribution >= 4 is 34.9 Å². The molecular formula is C19H20N4OS. The van der Waals surface area contributed by atoms with Crippen molar-refractivity contribution in [2.75, 3.05) is 5.75 Å². The molecule has 0 atom stereocenters. The monoisotopic (exact) mass is 352 g/mol. The zero-order chi connectivity index (χ0) is 17.6. The molecule has 2 aromatic carbocycles. The van der Waals surface area contributed by atoms with Gasteiger partial charge in [-0.05, 0) is 37.1 Å². The van der Waals surface area contributed by atoms with Gasteiger partial charge in [0.25, 0.3) is 5.91 Å². The molecule has 0 fully saturated rings. The van der Waals surface area contributed by atoms with E-state index in [1.54, 1.807) is 6.21 Å². The zero-order valence-corrected chi connectivity index (χ0v) is 15.1. The first-order chi connectivity index (χ1) is 12.2. The minimum atomic E-state index is -0.149. The van der Waals surface area contributed by atoms with Crippen molar-refractivity contribution in [3.8, 4) is 0 Å². The van der Waals surface area contributed by atoms with Gasteiger partial charge in [-0.2, -0.15) is 5.10 Å². The normalized spacial score (nSPS) is 11.3. The van der Waals surface area contributed by atoms with Crippen LogP contribution in [0.15, 0.2) is 58.8 Å². The third kappa shape index (κ3) is 4.09. The summed E-state index contributed by atoms with van der Waals surface area (Å²) in [5, 5.41) is 4.88. The molecule has 0 spiro atoms. The SMILES string of the molecule is CCn1c(SCC(=O)N/N=C\c2ccccc2C)nc2ccccc21. The summed E-state index contributed by atoms with van der Waals surface area (Å²) < 4.78 is 2.11. The number of hydrazone groups is 1. The Bertz CT molecular complexity index is 917. The summed E-state index contributed by atoms with van der Waals surface area (Å²) in [6, 6.07) is 15.9. The number of thioether (sulfide) groups is 1. The fourth-order valence-electron chi connectivity index (χ4n) is 2.54. The Kier molecular flexibility index (Phi) is 5.50. The number of aromatic nitrogens is 2. The average Bonchev–Trinajstić information content (AvgIpc) is 2.99. The molecule has 128 valence electrons. The van der Waals surface area contributed by atoms with Crippen molar-refractivity contribution in [2.24, 2.45) is 5.10 Å². The van der Waals surface area contributed by atoms with E-state index in [1.165, 1.54) is 11.8 Å². The maximum absolute atomic E-state index is 12.0. The molecule has 3 aromatic rings. The standard InChI is InChI=1S/C19H20N4OS/c1-3-23-17-11-7-6-10-16(17)21-19(23)25-13-18(24)22-20-12-15-9-5-4-8-14(15)2/h4-12H,3,13H2,1-2H3,(H,22,24)/b20-12-. The van der Waals surface area contributed by atoms with Gasteiger partial charge in [0.2, 0.25) is 0 Å². The quantitative estimate of drug-likeness (QED) is 0.419. The number of nitrogens with one attached hydrogen (secondary N) is 1. The molecule has 0 unspecified atom stereocenters. The van der Waals surface area contributed by atoms with E-state index in [0.717, 1.165) is 33.9 Å². The predicted molar refractivity (Wildman–Crippen MR) is 103 cm³/mol. The molecule has 1 N–H and O–H groups in total. The van der Waals surface area contributed by atoms with Crippen molar-refractivity contribution in [3.05, 3.63) is 59.7 Å². The van der Waals surface area contributed by atoms with E-state index in [4.69, 9.17) is 0 Å². The number of amides is 1. The van der Waals surface area contributed by atoms with Crippen molar-refractivity contribution in [2.45, 2.75) is 25.5 Å². The molecule has 1 aromatic heterocycles. The molecule has 25 heavy (non-hydrogen) atoms. The topological polar surface area (TPSA) is 59.3 Å². The molecule has 0 aliphatic rings. The van der Waals surface area contributed by atoms with Crippen LogP contribution in [0.4, 0.5) is 0 Å². The molecule has 0 saturated heterocycles. The summed E-state index contributed by atoms with van der Waals surface area (Å²) in [5.74, 6) is 0.124. The summed E-state index contributed by atoms with van der Waals surface area (Å²) in [7, 11) is 0. The third-order valence-electron chi connectivity index (χ3n) is 3.85. The van der Waals surface area contributed by atoms with Crippen LogP contribution in [0.5, 0.6) is 0 Å². The highest BCUT2D eigenvalue weighted by Crippen LogP contribution is 2.23. The fraction of sp³-hybridized carbons (Fsp3) is 0.211. The summed E-state index contributed by atoms with van der Waals surface area (Å²) in [5.41, 5.74) is 6.72. The molecule has 0 radical (unpaired) electrons. The second-order valence-electron chi connectivity index (χ2n) is 5.57. The van der Waals surface area contributed by atoms with Crippen molar-refractivity contribution < 1.29 is 4.79 Å². The Balaban J connectivity index is 1.60. The van der Waals surface area contributed by atoms with Gasteiger partial charge < -0.3 is 4.57 Å². The van der Waals surface area contributed by atoms with Gasteiger partial charge in [0.05, 0.1) is 23.0 Å². The molecule has 0 bridgehead atoms. The smallest absolute Gasteiger partial charge is 0.250 e. The largest absolute Gasteiger partial charge is 0.319 e. The van der Waals surface area contributed by atoms with Crippen LogP contribution >= 0.6 is 11.8 Å². The number of carbonyl (C=O) groups excluding carboxylic acids is 1. The van der Waals surface area contributed by atoms with Gasteiger partial charge in [-0.15, -0.1) is 0 Å². The lowest BCUT2D eigenvalue weighted by molar-refractivity contribution is -0.118. The van der Waals surface area contributed by atoms with Crippen LogP contribution in [0.1, 0.15) is 18.1 Å². The van der Waals surface area contributed by atoms with Crippen molar-refractivity contribution in [3.63, 3.8) is 0 Å².